The maximum Gasteiger partial charge on any atom is 0.246 e. The molecule has 6 atom stereocenters. The van der Waals surface area contributed by atoms with Crippen LogP contribution in [0.15, 0.2) is 60.4 Å². The van der Waals surface area contributed by atoms with Gasteiger partial charge < -0.3 is 46.2 Å². The summed E-state index contributed by atoms with van der Waals surface area (Å²) in [5, 5.41) is 33.8. The summed E-state index contributed by atoms with van der Waals surface area (Å²) in [6.45, 7) is 13.3. The first-order valence-electron chi connectivity index (χ1n) is 24.8. The van der Waals surface area contributed by atoms with E-state index in [2.05, 4.69) is 48.0 Å². The van der Waals surface area contributed by atoms with Gasteiger partial charge >= 0.3 is 0 Å². The van der Waals surface area contributed by atoms with Gasteiger partial charge in [-0.3, -0.25) is 24.0 Å². The zero-order valence-electron chi connectivity index (χ0n) is 41.5. The summed E-state index contributed by atoms with van der Waals surface area (Å²) in [5.74, 6) is -0.693. The highest BCUT2D eigenvalue weighted by molar-refractivity contribution is 7.13. The molecular formula is C52H69ClN10O7S. The number of halogens is 1. The number of aliphatic hydroxyl groups excluding tert-OH is 2. The molecule has 2 aliphatic heterocycles. The van der Waals surface area contributed by atoms with Crippen molar-refractivity contribution in [3.05, 3.63) is 93.5 Å². The first-order chi connectivity index (χ1) is 34.0. The van der Waals surface area contributed by atoms with E-state index in [-0.39, 0.29) is 61.9 Å². The molecule has 0 saturated carbocycles. The Morgan fingerprint density at radius 2 is 1.58 bits per heavy atom. The predicted molar refractivity (Wildman–Crippen MR) is 274 cm³/mol. The number of anilines is 1. The number of amides is 5. The van der Waals surface area contributed by atoms with Crippen molar-refractivity contribution in [2.75, 3.05) is 57.3 Å². The number of unbranched alkanes of at least 4 members (excludes halogenated alkanes) is 2. The fraction of sp³-hybridized carbons (Fsp3) is 0.538. The van der Waals surface area contributed by atoms with Crippen LogP contribution in [0.4, 0.5) is 5.82 Å². The smallest absolute Gasteiger partial charge is 0.246 e. The summed E-state index contributed by atoms with van der Waals surface area (Å²) in [4.78, 5) is 87.4. The maximum atomic E-state index is 14.1. The van der Waals surface area contributed by atoms with Crippen molar-refractivity contribution in [2.45, 2.75) is 122 Å². The number of carbonyl (C=O) groups excluding carboxylic acids is 5. The summed E-state index contributed by atoms with van der Waals surface area (Å²) in [5.41, 5.74) is 6.56. The minimum absolute atomic E-state index is 0.00656. The van der Waals surface area contributed by atoms with E-state index in [1.165, 1.54) is 11.2 Å². The first kappa shape index (κ1) is 53.3. The molecule has 2 aromatic carbocycles. The van der Waals surface area contributed by atoms with Crippen LogP contribution >= 0.6 is 22.9 Å². The molecule has 6 N–H and O–H groups in total. The second-order valence-corrected chi connectivity index (χ2v) is 21.4. The molecule has 71 heavy (non-hydrogen) atoms. The molecule has 4 heterocycles. The number of β-amino-alcohol motifs (C(OH)–C–C–N with tert-alkyl or cyclic N) is 1. The van der Waals surface area contributed by atoms with Gasteiger partial charge in [0.15, 0.2) is 0 Å². The number of benzene rings is 2. The average Bonchev–Trinajstić information content (AvgIpc) is 4.06. The summed E-state index contributed by atoms with van der Waals surface area (Å²) in [6.07, 6.45) is 3.07. The maximum absolute atomic E-state index is 14.1. The lowest BCUT2D eigenvalue weighted by molar-refractivity contribution is -0.144. The monoisotopic (exact) mass is 1010 g/mol. The molecule has 3 aliphatic rings. The van der Waals surface area contributed by atoms with E-state index in [0.29, 0.717) is 82.2 Å². The number of carbonyl (C=O) groups is 5. The topological polar surface area (TPSA) is 222 Å². The third kappa shape index (κ3) is 13.7. The number of rotatable bonds is 20. The lowest BCUT2D eigenvalue weighted by Gasteiger charge is -2.38. The van der Waals surface area contributed by atoms with E-state index in [1.807, 2.05) is 74.5 Å². The molecule has 0 bridgehead atoms. The Bertz CT molecular complexity index is 2480. The minimum atomic E-state index is -0.917. The normalized spacial score (nSPS) is 19.8. The number of likely N-dealkylation sites (tertiary alicyclic amines) is 1. The Morgan fingerprint density at radius 1 is 0.845 bits per heavy atom. The van der Waals surface area contributed by atoms with Crippen LogP contribution in [0, 0.1) is 12.3 Å². The third-order valence-corrected chi connectivity index (χ3v) is 15.0. The Kier molecular flexibility index (Phi) is 18.2. The zero-order chi connectivity index (χ0) is 50.8. The number of aryl methyl sites for hydroxylation is 1. The van der Waals surface area contributed by atoms with Gasteiger partial charge in [0, 0.05) is 88.8 Å². The third-order valence-electron chi connectivity index (χ3n) is 13.7. The van der Waals surface area contributed by atoms with E-state index >= 15 is 0 Å². The summed E-state index contributed by atoms with van der Waals surface area (Å²) in [6, 6.07) is 13.4. The summed E-state index contributed by atoms with van der Waals surface area (Å²) in [7, 11) is 0. The van der Waals surface area contributed by atoms with E-state index in [9.17, 15) is 34.2 Å². The molecule has 382 valence electrons. The van der Waals surface area contributed by atoms with Gasteiger partial charge in [-0.15, -0.1) is 11.3 Å². The molecule has 0 unspecified atom stereocenters. The molecule has 0 radical (unpaired) electrons. The van der Waals surface area contributed by atoms with Gasteiger partial charge in [0.2, 0.25) is 29.5 Å². The number of nitrogens with one attached hydrogen (secondary N) is 4. The van der Waals surface area contributed by atoms with Crippen molar-refractivity contribution >= 4 is 58.3 Å². The average molecular weight is 1010 g/mol. The molecule has 4 aromatic rings. The van der Waals surface area contributed by atoms with Crippen molar-refractivity contribution in [1.82, 2.24) is 46.0 Å². The molecule has 19 heteroatoms. The van der Waals surface area contributed by atoms with Crippen molar-refractivity contribution < 1.29 is 34.2 Å². The lowest BCUT2D eigenvalue weighted by atomic mass is 9.85. The van der Waals surface area contributed by atoms with Gasteiger partial charge in [-0.05, 0) is 66.3 Å². The molecule has 2 aromatic heterocycles. The standard InChI is InChI=1S/C52H69ClN10O7S/c1-32-25-41(65)45-44(32)48(58-30-57-45)61-21-23-62(24-22-61)50(69)39(35-14-16-37(53)17-15-35)28-54-20-18-42(66)55-19-8-6-7-9-43(67)60-47(52(3,4)5)51(70)63-29-38(64)26-40(63)49(68)56-27-34-10-12-36(13-11-34)46-33(2)59-31-71-46/h10-17,30-32,38-41,47,54,64-65H,6-9,18-29H2,1-5H3,(H,55,66)(H,56,68)(H,60,67)/t32-,38-,39-,40+,41-,47-/m1/s1. The summed E-state index contributed by atoms with van der Waals surface area (Å²) < 4.78 is 0. The second kappa shape index (κ2) is 24.3. The fourth-order valence-electron chi connectivity index (χ4n) is 9.72. The summed E-state index contributed by atoms with van der Waals surface area (Å²) >= 11 is 7.77. The molecule has 2 saturated heterocycles. The minimum Gasteiger partial charge on any atom is -0.391 e. The Hall–Kier alpha value is -5.53. The van der Waals surface area contributed by atoms with Crippen molar-refractivity contribution in [3.8, 4) is 10.4 Å². The molecule has 1 aliphatic carbocycles. The number of aliphatic hydroxyl groups is 2. The molecule has 7 rings (SSSR count). The molecule has 0 spiro atoms. The van der Waals surface area contributed by atoms with Gasteiger partial charge in [-0.2, -0.15) is 0 Å². The molecule has 5 amide bonds. The van der Waals surface area contributed by atoms with Crippen LogP contribution in [-0.2, 0) is 30.5 Å². The second-order valence-electron chi connectivity index (χ2n) is 20.1. The van der Waals surface area contributed by atoms with Crippen LogP contribution in [0.3, 0.4) is 0 Å². The number of piperazine rings is 1. The quantitative estimate of drug-likeness (QED) is 0.0645. The van der Waals surface area contributed by atoms with E-state index in [1.54, 1.807) is 23.5 Å². The van der Waals surface area contributed by atoms with E-state index < -0.39 is 41.5 Å². The van der Waals surface area contributed by atoms with Crippen LogP contribution < -0.4 is 26.2 Å². The molecular weight excluding hydrogens is 944 g/mol. The number of nitrogens with zero attached hydrogens (tertiary/aromatic N) is 6. The highest BCUT2D eigenvalue weighted by atomic mass is 35.5. The largest absolute Gasteiger partial charge is 0.391 e. The number of hydrogen-bond acceptors (Lipinski definition) is 13. The lowest BCUT2D eigenvalue weighted by Crippen LogP contribution is -2.57. The van der Waals surface area contributed by atoms with Crippen LogP contribution in [0.1, 0.15) is 119 Å². The SMILES string of the molecule is Cc1ncsc1-c1ccc(CNC(=O)[C@@H]2C[C@@H](O)CN2C(=O)[C@@H](NC(=O)CCCCCNC(=O)CCNC[C@@H](C(=O)N2CCN(c3ncnc4c3[C@H](C)C[C@H]4O)CC2)c2ccc(Cl)cc2)C(C)(C)C)cc1. The zero-order valence-corrected chi connectivity index (χ0v) is 43.0. The van der Waals surface area contributed by atoms with Crippen LogP contribution in [0.2, 0.25) is 5.02 Å². The van der Waals surface area contributed by atoms with Gasteiger partial charge in [0.1, 0.15) is 24.2 Å². The molecule has 17 nitrogen and oxygen atoms in total. The highest BCUT2D eigenvalue weighted by Crippen LogP contribution is 2.43. The Labute approximate surface area is 425 Å². The van der Waals surface area contributed by atoms with E-state index in [0.717, 1.165) is 38.6 Å². The number of aromatic nitrogens is 3. The van der Waals surface area contributed by atoms with Crippen molar-refractivity contribution in [1.29, 1.82) is 0 Å². The van der Waals surface area contributed by atoms with Gasteiger partial charge in [0.25, 0.3) is 0 Å². The Morgan fingerprint density at radius 3 is 2.27 bits per heavy atom. The fourth-order valence-corrected chi connectivity index (χ4v) is 10.7. The van der Waals surface area contributed by atoms with Crippen LogP contribution in [-0.4, -0.2) is 135 Å². The number of hydrogen-bond donors (Lipinski definition) is 6. The predicted octanol–water partition coefficient (Wildman–Crippen LogP) is 5.00. The van der Waals surface area contributed by atoms with Crippen LogP contribution in [0.5, 0.6) is 0 Å². The number of thiazole rings is 1. The van der Waals surface area contributed by atoms with Crippen molar-refractivity contribution in [3.63, 3.8) is 0 Å². The van der Waals surface area contributed by atoms with Crippen LogP contribution in [0.25, 0.3) is 10.4 Å². The van der Waals surface area contributed by atoms with Gasteiger partial charge in [-0.25, -0.2) is 15.0 Å². The number of fused-ring (bicyclic) bond motifs is 1. The Balaban J connectivity index is 0.802. The van der Waals surface area contributed by atoms with Gasteiger partial charge in [-0.1, -0.05) is 82.1 Å². The highest BCUT2D eigenvalue weighted by Gasteiger charge is 2.44. The van der Waals surface area contributed by atoms with Crippen molar-refractivity contribution in [2.24, 2.45) is 5.41 Å². The first-order valence-corrected chi connectivity index (χ1v) is 26.1. The van der Waals surface area contributed by atoms with Gasteiger partial charge in [0.05, 0.1) is 39.9 Å². The van der Waals surface area contributed by atoms with E-state index in [4.69, 9.17) is 11.6 Å². The molecule has 2 fully saturated rings.